The summed E-state index contributed by atoms with van der Waals surface area (Å²) in [5, 5.41) is 5.25. The Bertz CT molecular complexity index is 673. The zero-order valence-electron chi connectivity index (χ0n) is 16.9. The van der Waals surface area contributed by atoms with Gasteiger partial charge >= 0.3 is 0 Å². The predicted octanol–water partition coefficient (Wildman–Crippen LogP) is 0.999. The van der Waals surface area contributed by atoms with Crippen molar-refractivity contribution in [3.8, 4) is 0 Å². The molecule has 0 saturated heterocycles. The van der Waals surface area contributed by atoms with Crippen LogP contribution in [-0.2, 0) is 25.6 Å². The lowest BCUT2D eigenvalue weighted by Gasteiger charge is -2.22. The van der Waals surface area contributed by atoms with Gasteiger partial charge in [0.05, 0.1) is 19.1 Å². The minimum atomic E-state index is -0.756. The highest BCUT2D eigenvalue weighted by Crippen LogP contribution is 2.18. The number of carbonyl (C=O) groups is 4. The van der Waals surface area contributed by atoms with E-state index in [1.54, 1.807) is 0 Å². The van der Waals surface area contributed by atoms with Crippen molar-refractivity contribution in [3.05, 3.63) is 35.9 Å². The number of carbonyl (C=O) groups excluding carboxylic acids is 4. The molecule has 0 bridgehead atoms. The normalized spacial score (nSPS) is 12.9. The maximum absolute atomic E-state index is 12.9. The first-order valence-electron chi connectivity index (χ1n) is 9.56. The van der Waals surface area contributed by atoms with Gasteiger partial charge in [-0.3, -0.25) is 19.2 Å². The van der Waals surface area contributed by atoms with E-state index in [1.165, 1.54) is 6.92 Å². The van der Waals surface area contributed by atoms with Gasteiger partial charge in [-0.1, -0.05) is 44.2 Å². The van der Waals surface area contributed by atoms with Crippen molar-refractivity contribution < 1.29 is 19.2 Å². The van der Waals surface area contributed by atoms with Crippen molar-refractivity contribution in [2.75, 3.05) is 13.1 Å². The summed E-state index contributed by atoms with van der Waals surface area (Å²) in [5.74, 6) is -1.47. The number of rotatable bonds is 12. The van der Waals surface area contributed by atoms with Crippen molar-refractivity contribution in [1.82, 2.24) is 10.6 Å². The number of hydrogen-bond acceptors (Lipinski definition) is 5. The minimum absolute atomic E-state index is 0.00965. The fraction of sp³-hybridized carbons (Fsp3) is 0.524. The monoisotopic (exact) mass is 389 g/mol. The van der Waals surface area contributed by atoms with Crippen molar-refractivity contribution >= 4 is 23.4 Å². The van der Waals surface area contributed by atoms with Crippen LogP contribution >= 0.6 is 0 Å². The van der Waals surface area contributed by atoms with E-state index in [0.29, 0.717) is 12.8 Å². The van der Waals surface area contributed by atoms with Crippen LogP contribution in [-0.4, -0.2) is 42.5 Å². The van der Waals surface area contributed by atoms with Gasteiger partial charge in [-0.25, -0.2) is 0 Å². The number of nitrogens with two attached hydrogens (primary N) is 1. The quantitative estimate of drug-likeness (QED) is 0.493. The molecule has 0 aliphatic rings. The molecular weight excluding hydrogens is 358 g/mol. The van der Waals surface area contributed by atoms with E-state index in [9.17, 15) is 19.2 Å². The molecule has 7 heteroatoms. The molecule has 0 aromatic heterocycles. The third-order valence-corrected chi connectivity index (χ3v) is 4.28. The lowest BCUT2D eigenvalue weighted by atomic mass is 9.88. The number of nitrogens with one attached hydrogen (secondary N) is 2. The Hall–Kier alpha value is -2.54. The first-order chi connectivity index (χ1) is 13.2. The number of ketones is 2. The van der Waals surface area contributed by atoms with E-state index in [0.717, 1.165) is 5.56 Å². The Morgan fingerprint density at radius 1 is 1.07 bits per heavy atom. The second-order valence-electron chi connectivity index (χ2n) is 7.43. The van der Waals surface area contributed by atoms with Gasteiger partial charge in [0.25, 0.3) is 0 Å². The van der Waals surface area contributed by atoms with Crippen molar-refractivity contribution in [2.45, 2.75) is 46.1 Å². The SMILES string of the molecule is CC(=O)CNC(=O)[C@@H](CC(=O)[C@H](Cc1ccccc1)NC(=O)CN)CC(C)C. The van der Waals surface area contributed by atoms with Gasteiger partial charge in [-0.2, -0.15) is 0 Å². The Morgan fingerprint density at radius 3 is 2.25 bits per heavy atom. The second-order valence-corrected chi connectivity index (χ2v) is 7.43. The lowest BCUT2D eigenvalue weighted by molar-refractivity contribution is -0.132. The number of hydrogen-bond donors (Lipinski definition) is 3. The molecule has 0 fully saturated rings. The van der Waals surface area contributed by atoms with Crippen molar-refractivity contribution in [1.29, 1.82) is 0 Å². The third-order valence-electron chi connectivity index (χ3n) is 4.28. The minimum Gasteiger partial charge on any atom is -0.349 e. The molecule has 2 atom stereocenters. The van der Waals surface area contributed by atoms with Crippen LogP contribution in [0.5, 0.6) is 0 Å². The van der Waals surface area contributed by atoms with Crippen molar-refractivity contribution in [2.24, 2.45) is 17.6 Å². The molecular formula is C21H31N3O4. The van der Waals surface area contributed by atoms with Crippen molar-refractivity contribution in [3.63, 3.8) is 0 Å². The van der Waals surface area contributed by atoms with E-state index in [4.69, 9.17) is 5.73 Å². The van der Waals surface area contributed by atoms with Gasteiger partial charge in [0, 0.05) is 12.3 Å². The molecule has 154 valence electrons. The zero-order chi connectivity index (χ0) is 21.1. The topological polar surface area (TPSA) is 118 Å². The van der Waals surface area contributed by atoms with Crippen LogP contribution in [0.1, 0.15) is 39.2 Å². The molecule has 1 aromatic carbocycles. The molecule has 0 radical (unpaired) electrons. The Kier molecular flexibility index (Phi) is 10.1. The molecule has 0 saturated carbocycles. The molecule has 1 aromatic rings. The van der Waals surface area contributed by atoms with E-state index in [1.807, 2.05) is 44.2 Å². The average molecular weight is 389 g/mol. The average Bonchev–Trinajstić information content (AvgIpc) is 2.65. The summed E-state index contributed by atoms with van der Waals surface area (Å²) in [5.41, 5.74) is 6.28. The predicted molar refractivity (Wildman–Crippen MR) is 107 cm³/mol. The molecule has 0 aliphatic heterocycles. The van der Waals surface area contributed by atoms with Gasteiger partial charge in [0.1, 0.15) is 5.78 Å². The maximum Gasteiger partial charge on any atom is 0.234 e. The highest BCUT2D eigenvalue weighted by molar-refractivity contribution is 5.93. The van der Waals surface area contributed by atoms with Gasteiger partial charge in [-0.15, -0.1) is 0 Å². The molecule has 28 heavy (non-hydrogen) atoms. The lowest BCUT2D eigenvalue weighted by Crippen LogP contribution is -2.46. The summed E-state index contributed by atoms with van der Waals surface area (Å²) in [4.78, 5) is 48.3. The third kappa shape index (κ3) is 8.90. The van der Waals surface area contributed by atoms with Crippen LogP contribution in [0.25, 0.3) is 0 Å². The molecule has 7 nitrogen and oxygen atoms in total. The largest absolute Gasteiger partial charge is 0.349 e. The van der Waals surface area contributed by atoms with Crippen LogP contribution < -0.4 is 16.4 Å². The Labute approximate surface area is 166 Å². The highest BCUT2D eigenvalue weighted by Gasteiger charge is 2.28. The molecule has 4 N–H and O–H groups in total. The first kappa shape index (κ1) is 23.5. The fourth-order valence-electron chi connectivity index (χ4n) is 2.94. The Morgan fingerprint density at radius 2 is 1.71 bits per heavy atom. The summed E-state index contributed by atoms with van der Waals surface area (Å²) in [6, 6.07) is 8.59. The van der Waals surface area contributed by atoms with Crippen LogP contribution in [0.2, 0.25) is 0 Å². The van der Waals surface area contributed by atoms with E-state index in [2.05, 4.69) is 10.6 Å². The molecule has 0 unspecified atom stereocenters. The summed E-state index contributed by atoms with van der Waals surface area (Å²) in [6.45, 7) is 5.05. The smallest absolute Gasteiger partial charge is 0.234 e. The molecule has 1 rings (SSSR count). The molecule has 0 spiro atoms. The Balaban J connectivity index is 2.90. The van der Waals surface area contributed by atoms with Gasteiger partial charge in [-0.05, 0) is 31.2 Å². The van der Waals surface area contributed by atoms with E-state index in [-0.39, 0.29) is 42.9 Å². The van der Waals surface area contributed by atoms with Crippen LogP contribution in [0.4, 0.5) is 0 Å². The van der Waals surface area contributed by atoms with Crippen LogP contribution in [0.3, 0.4) is 0 Å². The number of Topliss-reactive ketones (excluding diaryl/α,β-unsaturated/α-hetero) is 2. The summed E-state index contributed by atoms with van der Waals surface area (Å²) in [6.07, 6.45) is 0.831. The summed E-state index contributed by atoms with van der Waals surface area (Å²) in [7, 11) is 0. The van der Waals surface area contributed by atoms with Crippen LogP contribution in [0.15, 0.2) is 30.3 Å². The van der Waals surface area contributed by atoms with Gasteiger partial charge in [0.15, 0.2) is 5.78 Å². The number of amides is 2. The van der Waals surface area contributed by atoms with E-state index < -0.39 is 17.9 Å². The maximum atomic E-state index is 12.9. The van der Waals surface area contributed by atoms with Gasteiger partial charge in [0.2, 0.25) is 11.8 Å². The summed E-state index contributed by atoms with van der Waals surface area (Å²) < 4.78 is 0. The van der Waals surface area contributed by atoms with Crippen LogP contribution in [0, 0.1) is 11.8 Å². The van der Waals surface area contributed by atoms with Gasteiger partial charge < -0.3 is 16.4 Å². The molecule has 0 aliphatic carbocycles. The molecule has 0 heterocycles. The highest BCUT2D eigenvalue weighted by atomic mass is 16.2. The second kappa shape index (κ2) is 12.0. The first-order valence-corrected chi connectivity index (χ1v) is 9.56. The standard InChI is InChI=1S/C21H31N3O4/c1-14(2)9-17(21(28)23-13-15(3)25)11-19(26)18(24-20(27)12-22)10-16-7-5-4-6-8-16/h4-8,14,17-18H,9-13,22H2,1-3H3,(H,23,28)(H,24,27)/t17-,18+/m1/s1. The molecule has 2 amide bonds. The fourth-order valence-corrected chi connectivity index (χ4v) is 2.94. The summed E-state index contributed by atoms with van der Waals surface area (Å²) >= 11 is 0. The van der Waals surface area contributed by atoms with E-state index >= 15 is 0 Å². The number of benzene rings is 1. The zero-order valence-corrected chi connectivity index (χ0v) is 16.9.